The van der Waals surface area contributed by atoms with Gasteiger partial charge in [0, 0.05) is 28.4 Å². The summed E-state index contributed by atoms with van der Waals surface area (Å²) in [5, 5.41) is 7.66. The molecule has 2 fully saturated rings. The van der Waals surface area contributed by atoms with Crippen molar-refractivity contribution in [2.45, 2.75) is 51.1 Å². The van der Waals surface area contributed by atoms with Gasteiger partial charge in [-0.25, -0.2) is 9.78 Å². The van der Waals surface area contributed by atoms with Crippen molar-refractivity contribution < 1.29 is 38.2 Å². The topological polar surface area (TPSA) is 172 Å². The fraction of sp³-hybridized carbons (Fsp3) is 0.583. The van der Waals surface area contributed by atoms with Gasteiger partial charge in [0.25, 0.3) is 11.8 Å². The number of carbonyl (C=O) groups is 4. The summed E-state index contributed by atoms with van der Waals surface area (Å²) in [6.45, 7) is 5.16. The van der Waals surface area contributed by atoms with Crippen LogP contribution in [0.2, 0.25) is 0 Å². The zero-order chi connectivity index (χ0) is 29.0. The SMILES string of the molecule is CO/N=C(\C(=O)NC1C(=O)N2C(C(=O)OCOC(=O)C(C)(C)C)=C(SCC3CCCO3)CS[C@H]12)c1csc(N)n1. The molecule has 16 heteroatoms. The van der Waals surface area contributed by atoms with Crippen LogP contribution >= 0.6 is 34.9 Å². The Morgan fingerprint density at radius 2 is 2.10 bits per heavy atom. The number of nitrogens with zero attached hydrogens (tertiary/aromatic N) is 3. The van der Waals surface area contributed by atoms with E-state index in [1.807, 2.05) is 0 Å². The Morgan fingerprint density at radius 1 is 1.32 bits per heavy atom. The number of nitrogens with two attached hydrogens (primary N) is 1. The first kappa shape index (κ1) is 30.1. The Balaban J connectivity index is 1.49. The number of amides is 2. The van der Waals surface area contributed by atoms with Crippen molar-refractivity contribution in [1.29, 1.82) is 0 Å². The van der Waals surface area contributed by atoms with Crippen molar-refractivity contribution >= 4 is 69.5 Å². The Labute approximate surface area is 243 Å². The molecule has 3 atom stereocenters. The Morgan fingerprint density at radius 3 is 2.73 bits per heavy atom. The van der Waals surface area contributed by atoms with Crippen LogP contribution in [0.4, 0.5) is 5.13 Å². The smallest absolute Gasteiger partial charge is 0.358 e. The second kappa shape index (κ2) is 12.8. The number of nitrogen functional groups attached to an aromatic ring is 1. The van der Waals surface area contributed by atoms with Gasteiger partial charge in [0.2, 0.25) is 6.79 Å². The number of esters is 2. The third-order valence-electron chi connectivity index (χ3n) is 6.04. The number of thioether (sulfide) groups is 2. The molecule has 4 rings (SSSR count). The molecule has 13 nitrogen and oxygen atoms in total. The third-order valence-corrected chi connectivity index (χ3v) is 9.40. The Bertz CT molecular complexity index is 1220. The van der Waals surface area contributed by atoms with Gasteiger partial charge in [0.05, 0.1) is 11.5 Å². The number of oxime groups is 1. The second-order valence-corrected chi connectivity index (χ2v) is 13.1. The van der Waals surface area contributed by atoms with Crippen molar-refractivity contribution in [3.63, 3.8) is 0 Å². The maximum atomic E-state index is 13.3. The van der Waals surface area contributed by atoms with Crippen LogP contribution < -0.4 is 11.1 Å². The molecule has 0 radical (unpaired) electrons. The number of rotatable bonds is 10. The van der Waals surface area contributed by atoms with Crippen LogP contribution in [0.5, 0.6) is 0 Å². The summed E-state index contributed by atoms with van der Waals surface area (Å²) in [6.07, 6.45) is 1.96. The van der Waals surface area contributed by atoms with E-state index in [-0.39, 0.29) is 28.3 Å². The lowest BCUT2D eigenvalue weighted by atomic mass is 9.98. The standard InChI is InChI=1S/C24H31N5O8S3/c1-24(2,3)22(33)37-11-36-21(32)17-14(38-8-12-6-5-7-35-12)10-39-20-16(19(31)29(17)20)27-18(30)15(28-34-4)13-9-40-23(25)26-13/h9,12,16,20H,5-8,10-11H2,1-4H3,(H2,25,26)(H,27,30)/b28-15-/t12?,16?,20-/m1/s1. The summed E-state index contributed by atoms with van der Waals surface area (Å²) in [7, 11) is 1.29. The molecule has 3 N–H and O–H groups in total. The minimum Gasteiger partial charge on any atom is -0.427 e. The van der Waals surface area contributed by atoms with E-state index in [0.29, 0.717) is 23.0 Å². The molecule has 4 heterocycles. The first-order chi connectivity index (χ1) is 19.0. The van der Waals surface area contributed by atoms with Gasteiger partial charge in [0.15, 0.2) is 10.8 Å². The van der Waals surface area contributed by atoms with E-state index < -0.39 is 47.4 Å². The van der Waals surface area contributed by atoms with Crippen molar-refractivity contribution in [2.24, 2.45) is 10.6 Å². The minimum atomic E-state index is -0.929. The Kier molecular flexibility index (Phi) is 9.64. The van der Waals surface area contributed by atoms with E-state index in [1.54, 1.807) is 26.2 Å². The first-order valence-electron chi connectivity index (χ1n) is 12.4. The summed E-state index contributed by atoms with van der Waals surface area (Å²) in [6, 6.07) is -0.929. The molecule has 2 amide bonds. The number of aromatic nitrogens is 1. The van der Waals surface area contributed by atoms with Gasteiger partial charge in [-0.2, -0.15) is 0 Å². The number of thiazole rings is 1. The zero-order valence-electron chi connectivity index (χ0n) is 22.5. The highest BCUT2D eigenvalue weighted by atomic mass is 32.2. The van der Waals surface area contributed by atoms with Crippen LogP contribution in [-0.4, -0.2) is 88.9 Å². The van der Waals surface area contributed by atoms with Crippen LogP contribution in [0.1, 0.15) is 39.3 Å². The van der Waals surface area contributed by atoms with E-state index in [2.05, 4.69) is 15.5 Å². The Hall–Kier alpha value is -2.82. The third kappa shape index (κ3) is 6.72. The fourth-order valence-corrected chi connectivity index (χ4v) is 7.23. The highest BCUT2D eigenvalue weighted by molar-refractivity contribution is 8.06. The molecule has 0 bridgehead atoms. The van der Waals surface area contributed by atoms with Gasteiger partial charge in [-0.05, 0) is 33.6 Å². The van der Waals surface area contributed by atoms with Crippen molar-refractivity contribution in [3.05, 3.63) is 21.7 Å². The summed E-state index contributed by atoms with van der Waals surface area (Å²) in [5.74, 6) is -1.46. The molecule has 3 aliphatic heterocycles. The molecule has 0 aromatic carbocycles. The molecule has 0 spiro atoms. The lowest BCUT2D eigenvalue weighted by Gasteiger charge is -2.49. The predicted octanol–water partition coefficient (Wildman–Crippen LogP) is 1.69. The minimum absolute atomic E-state index is 0.0580. The van der Waals surface area contributed by atoms with Gasteiger partial charge >= 0.3 is 11.9 Å². The molecular formula is C24H31N5O8S3. The number of anilines is 1. The van der Waals surface area contributed by atoms with Crippen molar-refractivity contribution in [2.75, 3.05) is 37.7 Å². The monoisotopic (exact) mass is 613 g/mol. The van der Waals surface area contributed by atoms with Crippen LogP contribution in [0.3, 0.4) is 0 Å². The average Bonchev–Trinajstić information content (AvgIpc) is 3.59. The number of β-lactam (4-membered cyclic amide) rings is 1. The number of hydrogen-bond donors (Lipinski definition) is 2. The molecule has 0 saturated carbocycles. The van der Waals surface area contributed by atoms with Crippen molar-refractivity contribution in [3.8, 4) is 0 Å². The van der Waals surface area contributed by atoms with Crippen LogP contribution in [0, 0.1) is 5.41 Å². The number of ether oxygens (including phenoxy) is 3. The molecule has 40 heavy (non-hydrogen) atoms. The normalized spacial score (nSPS) is 22.9. The van der Waals surface area contributed by atoms with E-state index in [1.165, 1.54) is 35.5 Å². The molecule has 1 aromatic heterocycles. The predicted molar refractivity (Wildman–Crippen MR) is 150 cm³/mol. The molecule has 218 valence electrons. The van der Waals surface area contributed by atoms with E-state index >= 15 is 0 Å². The van der Waals surface area contributed by atoms with Crippen LogP contribution in [0.25, 0.3) is 0 Å². The van der Waals surface area contributed by atoms with Gasteiger partial charge in [-0.1, -0.05) is 5.16 Å². The summed E-state index contributed by atoms with van der Waals surface area (Å²) in [4.78, 5) is 62.5. The fourth-order valence-electron chi connectivity index (χ4n) is 3.98. The highest BCUT2D eigenvalue weighted by Gasteiger charge is 2.55. The molecule has 0 aliphatic carbocycles. The number of fused-ring (bicyclic) bond motifs is 1. The summed E-state index contributed by atoms with van der Waals surface area (Å²) in [5.41, 5.74) is 5.07. The summed E-state index contributed by atoms with van der Waals surface area (Å²) >= 11 is 3.97. The largest absolute Gasteiger partial charge is 0.427 e. The lowest BCUT2D eigenvalue weighted by Crippen LogP contribution is -2.71. The number of hydrogen-bond acceptors (Lipinski definition) is 14. The van der Waals surface area contributed by atoms with E-state index in [9.17, 15) is 19.2 Å². The van der Waals surface area contributed by atoms with Crippen molar-refractivity contribution in [1.82, 2.24) is 15.2 Å². The van der Waals surface area contributed by atoms with E-state index in [0.717, 1.165) is 24.2 Å². The van der Waals surface area contributed by atoms with Crippen LogP contribution in [0.15, 0.2) is 21.1 Å². The van der Waals surface area contributed by atoms with Gasteiger partial charge in [0.1, 0.15) is 29.9 Å². The first-order valence-corrected chi connectivity index (χ1v) is 15.3. The van der Waals surface area contributed by atoms with Gasteiger partial charge < -0.3 is 30.1 Å². The average molecular weight is 614 g/mol. The van der Waals surface area contributed by atoms with Gasteiger partial charge in [-0.3, -0.25) is 19.3 Å². The van der Waals surface area contributed by atoms with Gasteiger partial charge in [-0.15, -0.1) is 34.9 Å². The van der Waals surface area contributed by atoms with Crippen LogP contribution in [-0.2, 0) is 38.2 Å². The maximum absolute atomic E-state index is 13.3. The molecule has 2 saturated heterocycles. The molecule has 1 aromatic rings. The highest BCUT2D eigenvalue weighted by Crippen LogP contribution is 2.44. The second-order valence-electron chi connectivity index (χ2n) is 10.0. The lowest BCUT2D eigenvalue weighted by molar-refractivity contribution is -0.173. The maximum Gasteiger partial charge on any atom is 0.358 e. The quantitative estimate of drug-likeness (QED) is 0.129. The van der Waals surface area contributed by atoms with E-state index in [4.69, 9.17) is 24.8 Å². The molecule has 3 aliphatic rings. The number of carbonyl (C=O) groups excluding carboxylic acids is 4. The number of nitrogens with one attached hydrogen (secondary N) is 1. The molecule has 2 unspecified atom stereocenters. The molecular weight excluding hydrogens is 582 g/mol. The zero-order valence-corrected chi connectivity index (χ0v) is 24.9. The summed E-state index contributed by atoms with van der Waals surface area (Å²) < 4.78 is 16.1.